The van der Waals surface area contributed by atoms with E-state index in [-0.39, 0.29) is 16.9 Å². The summed E-state index contributed by atoms with van der Waals surface area (Å²) in [6.45, 7) is 2.95. The second-order valence-electron chi connectivity index (χ2n) is 11.2. The van der Waals surface area contributed by atoms with Gasteiger partial charge in [0.1, 0.15) is 17.8 Å². The third-order valence-corrected chi connectivity index (χ3v) is 8.43. The molecule has 194 valence electrons. The maximum Gasteiger partial charge on any atom is 0.259 e. The first-order valence-corrected chi connectivity index (χ1v) is 13.2. The summed E-state index contributed by atoms with van der Waals surface area (Å²) in [5, 5.41) is 24.5. The van der Waals surface area contributed by atoms with E-state index in [1.54, 1.807) is 12.5 Å². The minimum absolute atomic E-state index is 0.180. The lowest BCUT2D eigenvalue weighted by molar-refractivity contribution is 0.102. The molecule has 2 saturated carbocycles. The van der Waals surface area contributed by atoms with Crippen LogP contribution in [0, 0.1) is 17.2 Å². The minimum atomic E-state index is -0.326. The first-order chi connectivity index (χ1) is 18.4. The molecule has 9 nitrogen and oxygen atoms in total. The number of imidazole rings is 1. The van der Waals surface area contributed by atoms with E-state index in [2.05, 4.69) is 44.9 Å². The predicted molar refractivity (Wildman–Crippen MR) is 143 cm³/mol. The van der Waals surface area contributed by atoms with Crippen LogP contribution in [-0.4, -0.2) is 35.6 Å². The van der Waals surface area contributed by atoms with Crippen molar-refractivity contribution < 1.29 is 4.79 Å². The summed E-state index contributed by atoms with van der Waals surface area (Å²) in [5.41, 5.74) is 3.85. The van der Waals surface area contributed by atoms with E-state index < -0.39 is 0 Å². The van der Waals surface area contributed by atoms with E-state index in [1.807, 2.05) is 52.7 Å². The van der Waals surface area contributed by atoms with Crippen LogP contribution in [0.1, 0.15) is 72.8 Å². The summed E-state index contributed by atoms with van der Waals surface area (Å²) in [6, 6.07) is 12.2. The Hall–Kier alpha value is -4.03. The first-order valence-electron chi connectivity index (χ1n) is 13.2. The zero-order valence-corrected chi connectivity index (χ0v) is 21.8. The Morgan fingerprint density at radius 3 is 2.82 bits per heavy atom. The van der Waals surface area contributed by atoms with E-state index >= 15 is 0 Å². The van der Waals surface area contributed by atoms with E-state index in [4.69, 9.17) is 0 Å². The Balaban J connectivity index is 1.27. The number of hydrogen-bond acceptors (Lipinski definition) is 6. The number of carbonyl (C=O) groups excluding carboxylic acids is 1. The first kappa shape index (κ1) is 24.3. The van der Waals surface area contributed by atoms with Gasteiger partial charge in [0.2, 0.25) is 0 Å². The molecule has 0 spiro atoms. The van der Waals surface area contributed by atoms with Gasteiger partial charge in [-0.3, -0.25) is 4.79 Å². The number of fused-ring (bicyclic) bond motifs is 1. The van der Waals surface area contributed by atoms with Crippen molar-refractivity contribution in [1.82, 2.24) is 29.5 Å². The molecule has 38 heavy (non-hydrogen) atoms. The second-order valence-corrected chi connectivity index (χ2v) is 11.2. The van der Waals surface area contributed by atoms with Gasteiger partial charge in [0, 0.05) is 49.8 Å². The van der Waals surface area contributed by atoms with Gasteiger partial charge in [-0.2, -0.15) is 5.26 Å². The number of amides is 1. The van der Waals surface area contributed by atoms with Crippen molar-refractivity contribution in [2.45, 2.75) is 62.9 Å². The largest absolute Gasteiger partial charge is 0.322 e. The summed E-state index contributed by atoms with van der Waals surface area (Å²) >= 11 is 0. The highest BCUT2D eigenvalue weighted by Crippen LogP contribution is 2.53. The Kier molecular flexibility index (Phi) is 6.00. The zero-order valence-electron chi connectivity index (χ0n) is 21.8. The van der Waals surface area contributed by atoms with E-state index in [9.17, 15) is 10.1 Å². The molecule has 2 N–H and O–H groups in total. The predicted octanol–water partition coefficient (Wildman–Crippen LogP) is 4.36. The molecule has 3 heterocycles. The average molecular weight is 509 g/mol. The Bertz CT molecular complexity index is 1530. The van der Waals surface area contributed by atoms with Gasteiger partial charge in [-0.25, -0.2) is 4.98 Å². The maximum atomic E-state index is 13.6. The van der Waals surface area contributed by atoms with E-state index in [0.29, 0.717) is 35.8 Å². The fourth-order valence-corrected chi connectivity index (χ4v) is 6.11. The Morgan fingerprint density at radius 2 is 2.11 bits per heavy atom. The molecule has 0 radical (unpaired) electrons. The Labute approximate surface area is 221 Å². The number of nitrogens with zero attached hydrogens (tertiary/aromatic N) is 6. The molecule has 0 saturated heterocycles. The number of nitriles is 1. The van der Waals surface area contributed by atoms with Gasteiger partial charge in [0.25, 0.3) is 5.91 Å². The van der Waals surface area contributed by atoms with Gasteiger partial charge in [-0.1, -0.05) is 12.1 Å². The van der Waals surface area contributed by atoms with Crippen LogP contribution in [0.4, 0.5) is 5.69 Å². The number of pyridine rings is 1. The van der Waals surface area contributed by atoms with Crippen molar-refractivity contribution in [3.05, 3.63) is 77.8 Å². The molecule has 2 aliphatic rings. The molecule has 6 rings (SSSR count). The number of carbonyl (C=O) groups is 1. The average Bonchev–Trinajstić information content (AvgIpc) is 3.52. The lowest BCUT2D eigenvalue weighted by Crippen LogP contribution is -2.47. The van der Waals surface area contributed by atoms with Crippen LogP contribution in [0.3, 0.4) is 0 Å². The van der Waals surface area contributed by atoms with Gasteiger partial charge >= 0.3 is 0 Å². The van der Waals surface area contributed by atoms with Gasteiger partial charge in [0.05, 0.1) is 17.0 Å². The van der Waals surface area contributed by atoms with Crippen molar-refractivity contribution in [1.29, 1.82) is 5.26 Å². The fourth-order valence-electron chi connectivity index (χ4n) is 6.11. The third kappa shape index (κ3) is 4.25. The van der Waals surface area contributed by atoms with Crippen LogP contribution in [0.15, 0.2) is 55.2 Å². The monoisotopic (exact) mass is 508 g/mol. The number of aromatic nitrogens is 5. The van der Waals surface area contributed by atoms with Crippen LogP contribution in [0.5, 0.6) is 0 Å². The van der Waals surface area contributed by atoms with Crippen LogP contribution in [-0.2, 0) is 19.0 Å². The van der Waals surface area contributed by atoms with Crippen molar-refractivity contribution in [2.24, 2.45) is 13.0 Å². The van der Waals surface area contributed by atoms with Crippen molar-refractivity contribution in [2.75, 3.05) is 5.32 Å². The molecule has 0 aliphatic heterocycles. The zero-order chi connectivity index (χ0) is 26.3. The lowest BCUT2D eigenvalue weighted by Gasteiger charge is -2.46. The molecule has 0 atom stereocenters. The SMILES string of the molecule is Cn1cnnc1C1(c2cccc(NC(=O)c3cc(CNC4(C)CCC4)cn4ccnc34)c2)CC(CC#N)C1. The molecule has 2 aliphatic carbocycles. The normalized spacial score (nSPS) is 21.9. The molecule has 3 aromatic heterocycles. The molecule has 0 unspecified atom stereocenters. The van der Waals surface area contributed by atoms with E-state index in [0.717, 1.165) is 29.8 Å². The summed E-state index contributed by atoms with van der Waals surface area (Å²) < 4.78 is 3.87. The van der Waals surface area contributed by atoms with Gasteiger partial charge in [-0.05, 0) is 74.3 Å². The second kappa shape index (κ2) is 9.37. The molecule has 1 aromatic carbocycles. The van der Waals surface area contributed by atoms with Gasteiger partial charge < -0.3 is 19.6 Å². The topological polar surface area (TPSA) is 113 Å². The number of hydrogen-bond donors (Lipinski definition) is 2. The summed E-state index contributed by atoms with van der Waals surface area (Å²) in [5.74, 6) is 1.01. The smallest absolute Gasteiger partial charge is 0.259 e. The highest BCUT2D eigenvalue weighted by Gasteiger charge is 2.49. The highest BCUT2D eigenvalue weighted by atomic mass is 16.1. The minimum Gasteiger partial charge on any atom is -0.322 e. The molecule has 0 bridgehead atoms. The maximum absolute atomic E-state index is 13.6. The number of anilines is 1. The van der Waals surface area contributed by atoms with Crippen molar-refractivity contribution in [3.8, 4) is 6.07 Å². The summed E-state index contributed by atoms with van der Waals surface area (Å²) in [7, 11) is 1.95. The van der Waals surface area contributed by atoms with Gasteiger partial charge in [-0.15, -0.1) is 10.2 Å². The van der Waals surface area contributed by atoms with Gasteiger partial charge in [0.15, 0.2) is 0 Å². The van der Waals surface area contributed by atoms with Crippen LogP contribution in [0.25, 0.3) is 5.65 Å². The number of benzene rings is 1. The molecular formula is C29H32N8O. The summed E-state index contributed by atoms with van der Waals surface area (Å²) in [6.07, 6.45) is 13.1. The fraction of sp³-hybridized carbons (Fsp3) is 0.414. The Morgan fingerprint density at radius 1 is 1.26 bits per heavy atom. The van der Waals surface area contributed by atoms with Crippen LogP contribution in [0.2, 0.25) is 0 Å². The number of aryl methyl sites for hydroxylation is 1. The third-order valence-electron chi connectivity index (χ3n) is 8.43. The van der Waals surface area contributed by atoms with Crippen LogP contribution < -0.4 is 10.6 Å². The molecular weight excluding hydrogens is 476 g/mol. The summed E-state index contributed by atoms with van der Waals surface area (Å²) in [4.78, 5) is 18.0. The standard InChI is InChI=1S/C29H32N8O/c1-28(8-4-9-28)32-17-21-13-24(25-31-11-12-37(25)18-21)26(38)34-23-6-3-5-22(14-23)29(15-20(16-29)7-10-30)27-35-33-19-36(27)2/h3,5-6,11-14,18-20,32H,4,7-9,15-17H2,1-2H3,(H,34,38). The van der Waals surface area contributed by atoms with Crippen molar-refractivity contribution >= 4 is 17.2 Å². The van der Waals surface area contributed by atoms with Crippen molar-refractivity contribution in [3.63, 3.8) is 0 Å². The lowest BCUT2D eigenvalue weighted by atomic mass is 9.57. The molecule has 1 amide bonds. The van der Waals surface area contributed by atoms with E-state index in [1.165, 1.54) is 19.3 Å². The number of rotatable bonds is 8. The molecule has 9 heteroatoms. The quantitative estimate of drug-likeness (QED) is 0.366. The number of nitrogens with one attached hydrogen (secondary N) is 2. The molecule has 4 aromatic rings. The molecule has 2 fully saturated rings. The highest BCUT2D eigenvalue weighted by molar-refractivity contribution is 6.08. The van der Waals surface area contributed by atoms with Crippen LogP contribution >= 0.6 is 0 Å².